The summed E-state index contributed by atoms with van der Waals surface area (Å²) in [5.74, 6) is -2.17. The molecule has 0 radical (unpaired) electrons. The predicted octanol–water partition coefficient (Wildman–Crippen LogP) is 24.5. The number of phosphoric acid groups is 2. The molecule has 5 atom stereocenters. The van der Waals surface area contributed by atoms with Crippen LogP contribution >= 0.6 is 15.6 Å². The number of unbranched alkanes of at least 4 members (excludes halogenated alkanes) is 46. The van der Waals surface area contributed by atoms with E-state index in [1.165, 1.54) is 180 Å². The molecule has 0 rings (SSSR count). The first kappa shape index (κ1) is 99.0. The molecule has 0 fully saturated rings. The molecule has 0 bridgehead atoms. The van der Waals surface area contributed by atoms with E-state index in [0.717, 1.165) is 141 Å². The molecule has 0 aliphatic heterocycles. The van der Waals surface area contributed by atoms with E-state index < -0.39 is 97.5 Å². The van der Waals surface area contributed by atoms with Gasteiger partial charge >= 0.3 is 39.5 Å². The second kappa shape index (κ2) is 76.2. The minimum atomic E-state index is -4.98. The molecule has 598 valence electrons. The molecule has 19 heteroatoms. The van der Waals surface area contributed by atoms with Crippen molar-refractivity contribution in [1.82, 2.24) is 0 Å². The summed E-state index contributed by atoms with van der Waals surface area (Å²) in [6.45, 7) is 4.91. The topological polar surface area (TPSA) is 237 Å². The minimum Gasteiger partial charge on any atom is -0.462 e. The van der Waals surface area contributed by atoms with E-state index in [1.54, 1.807) is 0 Å². The Morgan fingerprint density at radius 2 is 0.480 bits per heavy atom. The average Bonchev–Trinajstić information content (AvgIpc) is 0.926. The highest BCUT2D eigenvalue weighted by Crippen LogP contribution is 2.45. The summed E-state index contributed by atoms with van der Waals surface area (Å²) in [5, 5.41) is 10.7. The van der Waals surface area contributed by atoms with Gasteiger partial charge in [0, 0.05) is 25.7 Å². The van der Waals surface area contributed by atoms with Gasteiger partial charge in [-0.2, -0.15) is 0 Å². The summed E-state index contributed by atoms with van der Waals surface area (Å²) in [6.07, 6.45) is 75.0. The molecule has 0 saturated carbocycles. The van der Waals surface area contributed by atoms with Gasteiger partial charge in [-0.25, -0.2) is 9.13 Å². The first-order chi connectivity index (χ1) is 49.7. The van der Waals surface area contributed by atoms with E-state index >= 15 is 0 Å². The standard InChI is InChI=1S/C83H154O17P2/c1-5-9-13-17-21-25-29-33-37-38-42-44-48-52-56-60-64-68-81(86)94-74-79(100-83(88)70-66-62-58-54-50-46-41-36-32-28-24-20-16-12-8-4)76-98-102(91,92)96-72-77(84)71-95-101(89,90)97-75-78(99-82(87)69-65-61-57-53-49-45-40-35-31-27-23-19-15-11-7-3)73-93-80(85)67-63-59-55-51-47-43-39-34-30-26-22-18-14-10-6-2/h22,26,34-36,39-41,77-79,84H,5-21,23-25,27-33,37-38,42-76H2,1-4H3,(H,89,90)(H,91,92)/b26-22-,39-34-,40-35-,41-36-/t77-,78+,79+/m0/s1. The molecule has 2 unspecified atom stereocenters. The van der Waals surface area contributed by atoms with E-state index in [1.807, 2.05) is 0 Å². The number of rotatable bonds is 80. The summed E-state index contributed by atoms with van der Waals surface area (Å²) in [4.78, 5) is 73.1. The number of ether oxygens (including phenoxy) is 4. The molecular weight excluding hydrogens is 1330 g/mol. The smallest absolute Gasteiger partial charge is 0.462 e. The maximum absolute atomic E-state index is 13.1. The maximum Gasteiger partial charge on any atom is 0.472 e. The number of aliphatic hydroxyl groups is 1. The highest BCUT2D eigenvalue weighted by molar-refractivity contribution is 7.47. The number of allylic oxidation sites excluding steroid dienone is 8. The van der Waals surface area contributed by atoms with Crippen molar-refractivity contribution in [1.29, 1.82) is 0 Å². The van der Waals surface area contributed by atoms with Crippen LogP contribution in [0, 0.1) is 0 Å². The van der Waals surface area contributed by atoms with Crippen LogP contribution < -0.4 is 0 Å². The van der Waals surface area contributed by atoms with Gasteiger partial charge in [0.2, 0.25) is 0 Å². The van der Waals surface area contributed by atoms with Gasteiger partial charge in [-0.3, -0.25) is 37.3 Å². The fourth-order valence-corrected chi connectivity index (χ4v) is 13.4. The normalized spacial score (nSPS) is 14.1. The highest BCUT2D eigenvalue weighted by Gasteiger charge is 2.30. The molecule has 0 amide bonds. The van der Waals surface area contributed by atoms with Crippen LogP contribution in [0.5, 0.6) is 0 Å². The van der Waals surface area contributed by atoms with Gasteiger partial charge in [0.05, 0.1) is 26.4 Å². The quantitative estimate of drug-likeness (QED) is 0.0169. The lowest BCUT2D eigenvalue weighted by Crippen LogP contribution is -2.30. The van der Waals surface area contributed by atoms with E-state index in [9.17, 15) is 43.2 Å². The number of aliphatic hydroxyl groups excluding tert-OH is 1. The van der Waals surface area contributed by atoms with Crippen molar-refractivity contribution in [3.05, 3.63) is 48.6 Å². The largest absolute Gasteiger partial charge is 0.472 e. The van der Waals surface area contributed by atoms with Gasteiger partial charge < -0.3 is 33.8 Å². The van der Waals surface area contributed by atoms with Crippen LogP contribution in [0.25, 0.3) is 0 Å². The molecule has 102 heavy (non-hydrogen) atoms. The first-order valence-electron chi connectivity index (χ1n) is 41.9. The van der Waals surface area contributed by atoms with Crippen LogP contribution in [0.3, 0.4) is 0 Å². The number of carbonyl (C=O) groups is 4. The van der Waals surface area contributed by atoms with E-state index in [-0.39, 0.29) is 25.7 Å². The summed E-state index contributed by atoms with van der Waals surface area (Å²) < 4.78 is 68.7. The number of hydrogen-bond acceptors (Lipinski definition) is 15. The van der Waals surface area contributed by atoms with Crippen molar-refractivity contribution in [2.45, 2.75) is 418 Å². The van der Waals surface area contributed by atoms with Crippen molar-refractivity contribution in [2.75, 3.05) is 39.6 Å². The molecule has 0 aliphatic carbocycles. The predicted molar refractivity (Wildman–Crippen MR) is 418 cm³/mol. The summed E-state index contributed by atoms with van der Waals surface area (Å²) in [5.41, 5.74) is 0. The lowest BCUT2D eigenvalue weighted by atomic mass is 10.0. The number of carbonyl (C=O) groups excluding carboxylic acids is 4. The Morgan fingerprint density at radius 3 is 0.755 bits per heavy atom. The fraction of sp³-hybridized carbons (Fsp3) is 0.855. The van der Waals surface area contributed by atoms with Gasteiger partial charge in [-0.1, -0.05) is 314 Å². The van der Waals surface area contributed by atoms with Crippen molar-refractivity contribution >= 4 is 39.5 Å². The lowest BCUT2D eigenvalue weighted by Gasteiger charge is -2.21. The van der Waals surface area contributed by atoms with Crippen LogP contribution in [0.15, 0.2) is 48.6 Å². The van der Waals surface area contributed by atoms with Crippen molar-refractivity contribution < 1.29 is 80.2 Å². The first-order valence-corrected chi connectivity index (χ1v) is 44.9. The van der Waals surface area contributed by atoms with Crippen molar-refractivity contribution in [3.8, 4) is 0 Å². The van der Waals surface area contributed by atoms with Gasteiger partial charge in [0.15, 0.2) is 12.2 Å². The Kier molecular flexibility index (Phi) is 74.0. The molecule has 0 spiro atoms. The Hall–Kier alpha value is -2.98. The minimum absolute atomic E-state index is 0.0868. The summed E-state index contributed by atoms with van der Waals surface area (Å²) >= 11 is 0. The second-order valence-corrected chi connectivity index (χ2v) is 31.3. The molecule has 0 aromatic rings. The molecule has 0 heterocycles. The SMILES string of the molecule is CCCCC/C=C\C/C=C\CCCCCCCC(=O)OC[C@H](COP(=O)(O)OC[C@H](O)COP(=O)(O)OC[C@@H](COC(=O)CCCCCCCCCCCCCCCCCCC)OC(=O)CCCCCCC/C=C\CCCCCCCC)OC(=O)CCCCCCC/C=C\CCCCCCCC. The molecule has 0 aromatic carbocycles. The fourth-order valence-electron chi connectivity index (χ4n) is 11.8. The van der Waals surface area contributed by atoms with Crippen LogP contribution in [0.2, 0.25) is 0 Å². The van der Waals surface area contributed by atoms with Crippen molar-refractivity contribution in [3.63, 3.8) is 0 Å². The van der Waals surface area contributed by atoms with E-state index in [0.29, 0.717) is 25.7 Å². The van der Waals surface area contributed by atoms with E-state index in [4.69, 9.17) is 37.0 Å². The van der Waals surface area contributed by atoms with Gasteiger partial charge in [-0.15, -0.1) is 0 Å². The average molecular weight is 1490 g/mol. The number of hydrogen-bond donors (Lipinski definition) is 3. The summed E-state index contributed by atoms with van der Waals surface area (Å²) in [7, 11) is -9.95. The van der Waals surface area contributed by atoms with Crippen LogP contribution in [0.4, 0.5) is 0 Å². The van der Waals surface area contributed by atoms with E-state index in [2.05, 4.69) is 76.3 Å². The third-order valence-corrected chi connectivity index (χ3v) is 20.2. The van der Waals surface area contributed by atoms with Crippen LogP contribution in [-0.2, 0) is 65.4 Å². The number of esters is 4. The van der Waals surface area contributed by atoms with Crippen LogP contribution in [0.1, 0.15) is 400 Å². The Labute approximate surface area is 623 Å². The van der Waals surface area contributed by atoms with Gasteiger partial charge in [-0.05, 0) is 109 Å². The highest BCUT2D eigenvalue weighted by atomic mass is 31.2. The maximum atomic E-state index is 13.1. The zero-order valence-corrected chi connectivity index (χ0v) is 67.3. The molecule has 0 aliphatic rings. The number of phosphoric ester groups is 2. The molecule has 17 nitrogen and oxygen atoms in total. The summed E-state index contributed by atoms with van der Waals surface area (Å²) in [6, 6.07) is 0. The Balaban J connectivity index is 5.33. The van der Waals surface area contributed by atoms with Gasteiger partial charge in [0.1, 0.15) is 19.3 Å². The Morgan fingerprint density at radius 1 is 0.275 bits per heavy atom. The molecule has 0 aromatic heterocycles. The third kappa shape index (κ3) is 75.3. The monoisotopic (exact) mass is 1490 g/mol. The molecular formula is C83H154O17P2. The lowest BCUT2D eigenvalue weighted by molar-refractivity contribution is -0.161. The molecule has 0 saturated heterocycles. The van der Waals surface area contributed by atoms with Crippen LogP contribution in [-0.4, -0.2) is 96.7 Å². The third-order valence-electron chi connectivity index (χ3n) is 18.3. The van der Waals surface area contributed by atoms with Gasteiger partial charge in [0.25, 0.3) is 0 Å². The van der Waals surface area contributed by atoms with Crippen molar-refractivity contribution in [2.24, 2.45) is 0 Å². The second-order valence-electron chi connectivity index (χ2n) is 28.4. The zero-order chi connectivity index (χ0) is 74.6. The molecule has 3 N–H and O–H groups in total. The Bertz CT molecular complexity index is 2120. The zero-order valence-electron chi connectivity index (χ0n) is 65.6.